The Morgan fingerprint density at radius 2 is 2.11 bits per heavy atom. The van der Waals surface area contributed by atoms with Crippen LogP contribution in [0.25, 0.3) is 0 Å². The molecule has 4 heteroatoms. The molecule has 1 saturated carbocycles. The Kier molecular flexibility index (Phi) is 4.75. The van der Waals surface area contributed by atoms with Crippen LogP contribution < -0.4 is 10.2 Å². The number of rotatable bonds is 7. The van der Waals surface area contributed by atoms with Crippen molar-refractivity contribution in [2.45, 2.75) is 33.7 Å². The molecule has 1 N–H and O–H groups in total. The van der Waals surface area contributed by atoms with Gasteiger partial charge in [0.05, 0.1) is 5.69 Å². The normalized spacial score (nSPS) is 21.7. The van der Waals surface area contributed by atoms with Crippen molar-refractivity contribution in [2.75, 3.05) is 25.0 Å². The number of nitrogens with zero attached hydrogens (tertiary/aromatic N) is 3. The lowest BCUT2D eigenvalue weighted by molar-refractivity contribution is 0.546. The van der Waals surface area contributed by atoms with Crippen LogP contribution in [0.5, 0.6) is 0 Å². The minimum atomic E-state index is 0.666. The van der Waals surface area contributed by atoms with Crippen molar-refractivity contribution in [2.24, 2.45) is 17.8 Å². The minimum absolute atomic E-state index is 0.666. The van der Waals surface area contributed by atoms with Crippen LogP contribution in [-0.4, -0.2) is 30.3 Å². The van der Waals surface area contributed by atoms with Crippen molar-refractivity contribution in [3.8, 4) is 0 Å². The highest BCUT2D eigenvalue weighted by atomic mass is 15.2. The van der Waals surface area contributed by atoms with Crippen LogP contribution in [0.15, 0.2) is 12.1 Å². The fourth-order valence-corrected chi connectivity index (χ4v) is 2.24. The predicted molar refractivity (Wildman–Crippen MR) is 79.1 cm³/mol. The summed E-state index contributed by atoms with van der Waals surface area (Å²) in [5, 5.41) is 12.0. The van der Waals surface area contributed by atoms with Crippen molar-refractivity contribution >= 4 is 5.82 Å². The first-order chi connectivity index (χ1) is 9.06. The summed E-state index contributed by atoms with van der Waals surface area (Å²) in [6.45, 7) is 9.64. The lowest BCUT2D eigenvalue weighted by atomic mass is 10.2. The molecule has 0 aromatic carbocycles. The first-order valence-electron chi connectivity index (χ1n) is 7.30. The highest BCUT2D eigenvalue weighted by Crippen LogP contribution is 2.38. The number of aromatic nitrogens is 2. The van der Waals surface area contributed by atoms with Crippen LogP contribution in [0.1, 0.15) is 32.9 Å². The second kappa shape index (κ2) is 6.33. The van der Waals surface area contributed by atoms with Crippen LogP contribution in [-0.2, 0) is 6.54 Å². The van der Waals surface area contributed by atoms with E-state index in [4.69, 9.17) is 0 Å². The van der Waals surface area contributed by atoms with Crippen molar-refractivity contribution in [3.05, 3.63) is 17.8 Å². The van der Waals surface area contributed by atoms with Crippen LogP contribution in [0, 0.1) is 17.8 Å². The maximum atomic E-state index is 4.32. The van der Waals surface area contributed by atoms with Crippen LogP contribution in [0.2, 0.25) is 0 Å². The smallest absolute Gasteiger partial charge is 0.150 e. The average molecular weight is 262 g/mol. The first kappa shape index (κ1) is 14.3. The molecule has 106 valence electrons. The standard InChI is InChI=1S/C15H26N4/c1-11(2)8-16-9-14-5-6-15(18-17-14)19(4)10-13-7-12(13)3/h5-6,11-13,16H,7-10H2,1-4H3. The van der Waals surface area contributed by atoms with Gasteiger partial charge in [-0.05, 0) is 42.9 Å². The van der Waals surface area contributed by atoms with Crippen molar-refractivity contribution in [1.29, 1.82) is 0 Å². The molecule has 1 aromatic rings. The van der Waals surface area contributed by atoms with Gasteiger partial charge in [-0.15, -0.1) is 5.10 Å². The number of hydrogen-bond donors (Lipinski definition) is 1. The van der Waals surface area contributed by atoms with Gasteiger partial charge in [-0.2, -0.15) is 5.10 Å². The summed E-state index contributed by atoms with van der Waals surface area (Å²) in [5.74, 6) is 3.37. The molecular weight excluding hydrogens is 236 g/mol. The van der Waals surface area contributed by atoms with Crippen molar-refractivity contribution in [1.82, 2.24) is 15.5 Å². The van der Waals surface area contributed by atoms with Gasteiger partial charge in [0, 0.05) is 20.1 Å². The fourth-order valence-electron chi connectivity index (χ4n) is 2.24. The van der Waals surface area contributed by atoms with Crippen LogP contribution in [0.4, 0.5) is 5.82 Å². The maximum Gasteiger partial charge on any atom is 0.150 e. The molecule has 0 spiro atoms. The molecule has 1 heterocycles. The summed E-state index contributed by atoms with van der Waals surface area (Å²) in [6, 6.07) is 4.15. The molecule has 0 aliphatic heterocycles. The van der Waals surface area contributed by atoms with E-state index in [-0.39, 0.29) is 0 Å². The molecule has 19 heavy (non-hydrogen) atoms. The van der Waals surface area contributed by atoms with E-state index in [2.05, 4.69) is 60.4 Å². The summed E-state index contributed by atoms with van der Waals surface area (Å²) in [7, 11) is 2.10. The molecule has 1 aromatic heterocycles. The second-order valence-electron chi connectivity index (χ2n) is 6.26. The number of nitrogens with one attached hydrogen (secondary N) is 1. The Balaban J connectivity index is 1.80. The van der Waals surface area contributed by atoms with Gasteiger partial charge >= 0.3 is 0 Å². The van der Waals surface area contributed by atoms with E-state index < -0.39 is 0 Å². The monoisotopic (exact) mass is 262 g/mol. The van der Waals surface area contributed by atoms with E-state index in [0.29, 0.717) is 5.92 Å². The molecule has 0 radical (unpaired) electrons. The zero-order chi connectivity index (χ0) is 13.8. The van der Waals surface area contributed by atoms with Crippen molar-refractivity contribution < 1.29 is 0 Å². The highest BCUT2D eigenvalue weighted by molar-refractivity contribution is 5.36. The van der Waals surface area contributed by atoms with E-state index in [0.717, 1.165) is 43.0 Å². The summed E-state index contributed by atoms with van der Waals surface area (Å²) >= 11 is 0. The van der Waals surface area contributed by atoms with Gasteiger partial charge in [0.15, 0.2) is 5.82 Å². The first-order valence-corrected chi connectivity index (χ1v) is 7.30. The maximum absolute atomic E-state index is 4.32. The molecule has 0 bridgehead atoms. The van der Waals surface area contributed by atoms with E-state index in [1.807, 2.05) is 0 Å². The quantitative estimate of drug-likeness (QED) is 0.819. The SMILES string of the molecule is CC(C)CNCc1ccc(N(C)CC2CC2C)nn1. The molecule has 2 unspecified atom stereocenters. The van der Waals surface area contributed by atoms with Gasteiger partial charge in [-0.3, -0.25) is 0 Å². The Morgan fingerprint density at radius 3 is 2.63 bits per heavy atom. The summed E-state index contributed by atoms with van der Waals surface area (Å²) in [4.78, 5) is 2.21. The lowest BCUT2D eigenvalue weighted by Crippen LogP contribution is -2.23. The lowest BCUT2D eigenvalue weighted by Gasteiger charge is -2.17. The van der Waals surface area contributed by atoms with E-state index >= 15 is 0 Å². The fraction of sp³-hybridized carbons (Fsp3) is 0.733. The molecule has 2 rings (SSSR count). The molecule has 4 nitrogen and oxygen atoms in total. The van der Waals surface area contributed by atoms with Crippen LogP contribution in [0.3, 0.4) is 0 Å². The largest absolute Gasteiger partial charge is 0.358 e. The van der Waals surface area contributed by atoms with Crippen LogP contribution >= 0.6 is 0 Å². The zero-order valence-corrected chi connectivity index (χ0v) is 12.6. The second-order valence-corrected chi connectivity index (χ2v) is 6.26. The van der Waals surface area contributed by atoms with Gasteiger partial charge in [-0.25, -0.2) is 0 Å². The molecule has 2 atom stereocenters. The third kappa shape index (κ3) is 4.46. The average Bonchev–Trinajstić information content (AvgIpc) is 3.05. The van der Waals surface area contributed by atoms with Gasteiger partial charge in [0.25, 0.3) is 0 Å². The van der Waals surface area contributed by atoms with Gasteiger partial charge in [0.1, 0.15) is 0 Å². The van der Waals surface area contributed by atoms with Gasteiger partial charge in [-0.1, -0.05) is 20.8 Å². The van der Waals surface area contributed by atoms with Gasteiger partial charge < -0.3 is 10.2 Å². The Hall–Kier alpha value is -1.16. The molecule has 1 fully saturated rings. The molecular formula is C15H26N4. The van der Waals surface area contributed by atoms with Gasteiger partial charge in [0.2, 0.25) is 0 Å². The third-order valence-electron chi connectivity index (χ3n) is 3.74. The van der Waals surface area contributed by atoms with E-state index in [1.165, 1.54) is 6.42 Å². The molecule has 0 saturated heterocycles. The highest BCUT2D eigenvalue weighted by Gasteiger charge is 2.33. The number of hydrogen-bond acceptors (Lipinski definition) is 4. The Labute approximate surface area is 116 Å². The topological polar surface area (TPSA) is 41.0 Å². The molecule has 0 amide bonds. The zero-order valence-electron chi connectivity index (χ0n) is 12.6. The summed E-state index contributed by atoms with van der Waals surface area (Å²) in [6.07, 6.45) is 1.36. The minimum Gasteiger partial charge on any atom is -0.358 e. The number of anilines is 1. The summed E-state index contributed by atoms with van der Waals surface area (Å²) in [5.41, 5.74) is 1.01. The van der Waals surface area contributed by atoms with E-state index in [1.54, 1.807) is 0 Å². The third-order valence-corrected chi connectivity index (χ3v) is 3.74. The van der Waals surface area contributed by atoms with Crippen molar-refractivity contribution in [3.63, 3.8) is 0 Å². The molecule has 1 aliphatic rings. The Morgan fingerprint density at radius 1 is 1.37 bits per heavy atom. The molecule has 1 aliphatic carbocycles. The predicted octanol–water partition coefficient (Wildman–Crippen LogP) is 2.31. The Bertz CT molecular complexity index is 388. The van der Waals surface area contributed by atoms with E-state index in [9.17, 15) is 0 Å². The summed E-state index contributed by atoms with van der Waals surface area (Å²) < 4.78 is 0.